The fraction of sp³-hybridized carbons (Fsp3) is 1.00. The van der Waals surface area contributed by atoms with Crippen molar-refractivity contribution in [2.24, 2.45) is 0 Å². The molecule has 13 heavy (non-hydrogen) atoms. The summed E-state index contributed by atoms with van der Waals surface area (Å²) in [7, 11) is 0. The molecule has 3 nitrogen and oxygen atoms in total. The third-order valence-electron chi connectivity index (χ3n) is 1.31. The van der Waals surface area contributed by atoms with Crippen LogP contribution in [0.25, 0.3) is 0 Å². The topological polar surface area (TPSA) is 15.7 Å². The lowest BCUT2D eigenvalue weighted by atomic mass is 10.2. The fourth-order valence-corrected chi connectivity index (χ4v) is 0.680. The van der Waals surface area contributed by atoms with E-state index in [1.165, 1.54) is 0 Å². The van der Waals surface area contributed by atoms with Crippen molar-refractivity contribution in [3.05, 3.63) is 0 Å². The van der Waals surface area contributed by atoms with E-state index in [0.717, 1.165) is 27.7 Å². The zero-order valence-corrected chi connectivity index (χ0v) is 7.81. The van der Waals surface area contributed by atoms with Gasteiger partial charge in [0.05, 0.1) is 10.7 Å². The maximum absolute atomic E-state index is 12.1. The van der Waals surface area contributed by atoms with Crippen molar-refractivity contribution < 1.29 is 22.7 Å². The SMILES string of the molecule is CC(C)(OC(C)(C)N(F)F)N(F)F. The Hall–Kier alpha value is -0.400. The minimum atomic E-state index is -2.06. The van der Waals surface area contributed by atoms with Crippen molar-refractivity contribution in [3.63, 3.8) is 0 Å². The predicted molar refractivity (Wildman–Crippen MR) is 37.4 cm³/mol. The summed E-state index contributed by atoms with van der Waals surface area (Å²) in [5.74, 6) is 0. The van der Waals surface area contributed by atoms with Gasteiger partial charge in [-0.25, -0.2) is 0 Å². The molecule has 0 aromatic rings. The van der Waals surface area contributed by atoms with Crippen molar-refractivity contribution in [2.45, 2.75) is 39.1 Å². The average Bonchev–Trinajstić information content (AvgIpc) is 1.83. The molecule has 0 unspecified atom stereocenters. The number of rotatable bonds is 4. The lowest BCUT2D eigenvalue weighted by Gasteiger charge is -2.34. The van der Waals surface area contributed by atoms with E-state index in [9.17, 15) is 17.9 Å². The van der Waals surface area contributed by atoms with Crippen molar-refractivity contribution >= 4 is 0 Å². The molecule has 0 bridgehead atoms. The molecule has 0 N–H and O–H groups in total. The Morgan fingerprint density at radius 1 is 0.769 bits per heavy atom. The molecular weight excluding hydrogens is 192 g/mol. The van der Waals surface area contributed by atoms with Crippen molar-refractivity contribution in [1.82, 2.24) is 10.7 Å². The first-order valence-electron chi connectivity index (χ1n) is 3.53. The fourth-order valence-electron chi connectivity index (χ4n) is 0.680. The van der Waals surface area contributed by atoms with Crippen LogP contribution in [0.1, 0.15) is 27.7 Å². The summed E-state index contributed by atoms with van der Waals surface area (Å²) in [5, 5.41) is -2.53. The molecule has 0 aromatic carbocycles. The van der Waals surface area contributed by atoms with E-state index in [4.69, 9.17) is 0 Å². The Morgan fingerprint density at radius 3 is 1.15 bits per heavy atom. The summed E-state index contributed by atoms with van der Waals surface area (Å²) in [4.78, 5) is 0. The van der Waals surface area contributed by atoms with Crippen molar-refractivity contribution in [3.8, 4) is 0 Å². The molecule has 0 atom stereocenters. The highest BCUT2D eigenvalue weighted by molar-refractivity contribution is 4.67. The lowest BCUT2D eigenvalue weighted by molar-refractivity contribution is -0.399. The second-order valence-electron chi connectivity index (χ2n) is 3.46. The number of hydrogen-bond acceptors (Lipinski definition) is 3. The van der Waals surface area contributed by atoms with Crippen LogP contribution in [0.5, 0.6) is 0 Å². The molecule has 0 aromatic heterocycles. The van der Waals surface area contributed by atoms with E-state index in [-0.39, 0.29) is 0 Å². The summed E-state index contributed by atoms with van der Waals surface area (Å²) in [6.07, 6.45) is 0. The molecule has 0 saturated carbocycles. The molecule has 80 valence electrons. The van der Waals surface area contributed by atoms with Crippen LogP contribution in [0.2, 0.25) is 0 Å². The Balaban J connectivity index is 4.42. The standard InChI is InChI=1S/C6H12F4N2O/c1-5(2,11(7)8)13-6(3,4)12(9)10/h1-4H3. The summed E-state index contributed by atoms with van der Waals surface area (Å²) in [5.41, 5.74) is -4.11. The summed E-state index contributed by atoms with van der Waals surface area (Å²) in [6.45, 7) is 3.94. The quantitative estimate of drug-likeness (QED) is 0.397. The van der Waals surface area contributed by atoms with Gasteiger partial charge in [0.25, 0.3) is 0 Å². The second kappa shape index (κ2) is 3.77. The number of nitrogens with zero attached hydrogens (tertiary/aromatic N) is 2. The molecule has 0 heterocycles. The van der Waals surface area contributed by atoms with Crippen molar-refractivity contribution in [2.75, 3.05) is 0 Å². The Bertz CT molecular complexity index is 154. The number of halogens is 4. The van der Waals surface area contributed by atoms with Crippen LogP contribution < -0.4 is 0 Å². The molecule has 0 radical (unpaired) electrons. The van der Waals surface area contributed by atoms with E-state index < -0.39 is 22.1 Å². The molecule has 0 aliphatic carbocycles. The number of ether oxygens (including phenoxy) is 1. The molecule has 0 aliphatic rings. The van der Waals surface area contributed by atoms with Gasteiger partial charge < -0.3 is 4.74 Å². The summed E-state index contributed by atoms with van der Waals surface area (Å²) in [6, 6.07) is 0. The first-order valence-corrected chi connectivity index (χ1v) is 3.53. The highest BCUT2D eigenvalue weighted by atomic mass is 19.4. The van der Waals surface area contributed by atoms with Gasteiger partial charge in [0.2, 0.25) is 0 Å². The second-order valence-corrected chi connectivity index (χ2v) is 3.46. The summed E-state index contributed by atoms with van der Waals surface area (Å²) >= 11 is 0. The minimum absolute atomic E-state index is 0.984. The normalized spacial score (nSPS) is 14.3. The van der Waals surface area contributed by atoms with Crippen LogP contribution in [0.4, 0.5) is 17.9 Å². The van der Waals surface area contributed by atoms with Gasteiger partial charge >= 0.3 is 0 Å². The zero-order valence-electron chi connectivity index (χ0n) is 7.81. The van der Waals surface area contributed by atoms with Gasteiger partial charge in [-0.15, -0.1) is 0 Å². The van der Waals surface area contributed by atoms with Gasteiger partial charge in [0.15, 0.2) is 11.4 Å². The van der Waals surface area contributed by atoms with Gasteiger partial charge in [-0.3, -0.25) is 0 Å². The molecule has 0 saturated heterocycles. The molecule has 0 spiro atoms. The van der Waals surface area contributed by atoms with Crippen LogP contribution in [-0.2, 0) is 4.74 Å². The maximum atomic E-state index is 12.1. The Morgan fingerprint density at radius 2 is 1.00 bits per heavy atom. The van der Waals surface area contributed by atoms with Gasteiger partial charge in [-0.1, -0.05) is 17.9 Å². The van der Waals surface area contributed by atoms with Crippen LogP contribution in [-0.4, -0.2) is 22.1 Å². The van der Waals surface area contributed by atoms with Crippen LogP contribution in [0, 0.1) is 0 Å². The zero-order chi connectivity index (χ0) is 10.9. The maximum Gasteiger partial charge on any atom is 0.177 e. The average molecular weight is 204 g/mol. The largest absolute Gasteiger partial charge is 0.330 e. The molecule has 0 amide bonds. The first-order chi connectivity index (χ1) is 5.59. The van der Waals surface area contributed by atoms with E-state index in [1.807, 2.05) is 0 Å². The van der Waals surface area contributed by atoms with Crippen molar-refractivity contribution in [1.29, 1.82) is 0 Å². The first kappa shape index (κ1) is 12.6. The smallest absolute Gasteiger partial charge is 0.177 e. The van der Waals surface area contributed by atoms with E-state index >= 15 is 0 Å². The Kier molecular flexibility index (Phi) is 3.65. The molecule has 0 rings (SSSR count). The van der Waals surface area contributed by atoms with E-state index in [2.05, 4.69) is 4.74 Å². The van der Waals surface area contributed by atoms with Gasteiger partial charge in [0, 0.05) is 0 Å². The lowest BCUT2D eigenvalue weighted by Crippen LogP contribution is -2.48. The van der Waals surface area contributed by atoms with Gasteiger partial charge in [0.1, 0.15) is 0 Å². The van der Waals surface area contributed by atoms with E-state index in [1.54, 1.807) is 0 Å². The molecular formula is C6H12F4N2O. The van der Waals surface area contributed by atoms with Crippen LogP contribution in [0.15, 0.2) is 0 Å². The Labute approximate surface area is 73.6 Å². The van der Waals surface area contributed by atoms with Gasteiger partial charge in [-0.2, -0.15) is 0 Å². The third kappa shape index (κ3) is 3.45. The minimum Gasteiger partial charge on any atom is -0.330 e. The third-order valence-corrected chi connectivity index (χ3v) is 1.31. The highest BCUT2D eigenvalue weighted by Gasteiger charge is 2.40. The number of hydrogen-bond donors (Lipinski definition) is 0. The van der Waals surface area contributed by atoms with Crippen LogP contribution in [0.3, 0.4) is 0 Å². The monoisotopic (exact) mass is 204 g/mol. The molecule has 0 fully saturated rings. The van der Waals surface area contributed by atoms with E-state index in [0.29, 0.717) is 0 Å². The highest BCUT2D eigenvalue weighted by Crippen LogP contribution is 2.27. The molecule has 7 heteroatoms. The van der Waals surface area contributed by atoms with Gasteiger partial charge in [-0.05, 0) is 27.7 Å². The molecule has 0 aliphatic heterocycles. The van der Waals surface area contributed by atoms with Crippen LogP contribution >= 0.6 is 0 Å². The summed E-state index contributed by atoms with van der Waals surface area (Å²) < 4.78 is 52.7. The predicted octanol–water partition coefficient (Wildman–Crippen LogP) is 2.62.